The number of nitrogens with zero attached hydrogens (tertiary/aromatic N) is 1. The van der Waals surface area contributed by atoms with Gasteiger partial charge in [-0.1, -0.05) is 13.0 Å². The van der Waals surface area contributed by atoms with Crippen LogP contribution in [0.5, 0.6) is 5.75 Å². The summed E-state index contributed by atoms with van der Waals surface area (Å²) >= 11 is 1.48. The number of methoxy groups -OCH3 is 1. The summed E-state index contributed by atoms with van der Waals surface area (Å²) in [6.07, 6.45) is 2.74. The van der Waals surface area contributed by atoms with E-state index >= 15 is 0 Å². The third-order valence-electron chi connectivity index (χ3n) is 3.25. The molecule has 2 rings (SSSR count). The molecule has 0 saturated carbocycles. The van der Waals surface area contributed by atoms with Crippen LogP contribution >= 0.6 is 11.3 Å². The van der Waals surface area contributed by atoms with Gasteiger partial charge in [0, 0.05) is 16.0 Å². The molecule has 0 radical (unpaired) electrons. The molecule has 0 aliphatic carbocycles. The molecule has 4 nitrogen and oxygen atoms in total. The summed E-state index contributed by atoms with van der Waals surface area (Å²) in [6, 6.07) is 7.74. The van der Waals surface area contributed by atoms with Gasteiger partial charge < -0.3 is 4.74 Å². The number of anilines is 1. The highest BCUT2D eigenvalue weighted by Gasteiger charge is 2.12. The largest absolute Gasteiger partial charge is 0.497 e. The van der Waals surface area contributed by atoms with Crippen molar-refractivity contribution in [1.82, 2.24) is 4.98 Å². The topological polar surface area (TPSA) is 51.2 Å². The molecule has 0 unspecified atom stereocenters. The van der Waals surface area contributed by atoms with E-state index in [1.165, 1.54) is 11.3 Å². The van der Waals surface area contributed by atoms with Crippen LogP contribution in [0.2, 0.25) is 0 Å². The summed E-state index contributed by atoms with van der Waals surface area (Å²) in [5.41, 5.74) is 2.61. The van der Waals surface area contributed by atoms with E-state index in [1.54, 1.807) is 7.11 Å². The van der Waals surface area contributed by atoms with Gasteiger partial charge in [-0.25, -0.2) is 4.98 Å². The predicted octanol–water partition coefficient (Wildman–Crippen LogP) is 4.42. The molecule has 116 valence electrons. The molecule has 1 aromatic carbocycles. The van der Waals surface area contributed by atoms with Crippen molar-refractivity contribution in [3.63, 3.8) is 0 Å². The van der Waals surface area contributed by atoms with Crippen molar-refractivity contribution in [1.29, 1.82) is 0 Å². The van der Waals surface area contributed by atoms with Crippen LogP contribution in [0.3, 0.4) is 0 Å². The van der Waals surface area contributed by atoms with E-state index in [0.717, 1.165) is 28.3 Å². The second kappa shape index (κ2) is 7.22. The molecule has 0 bridgehead atoms. The lowest BCUT2D eigenvalue weighted by Gasteiger charge is -2.02. The normalized spacial score (nSPS) is 11.4. The minimum atomic E-state index is -0.100. The van der Waals surface area contributed by atoms with E-state index in [4.69, 9.17) is 4.74 Å². The zero-order valence-electron chi connectivity index (χ0n) is 13.3. The fraction of sp³-hybridized carbons (Fsp3) is 0.294. The van der Waals surface area contributed by atoms with Gasteiger partial charge in [-0.05, 0) is 44.5 Å². The standard InChI is InChI=1S/C17H20N2O2S/c1-5-6-11(2)16(20)19-17-18-15(12(3)22-17)13-7-9-14(21-4)10-8-13/h6-10H,5H2,1-4H3,(H,18,19,20)/b11-6-. The zero-order valence-corrected chi connectivity index (χ0v) is 14.1. The average molecular weight is 316 g/mol. The lowest BCUT2D eigenvalue weighted by atomic mass is 10.1. The van der Waals surface area contributed by atoms with Crippen molar-refractivity contribution in [3.8, 4) is 17.0 Å². The van der Waals surface area contributed by atoms with E-state index in [0.29, 0.717) is 10.7 Å². The van der Waals surface area contributed by atoms with Gasteiger partial charge >= 0.3 is 0 Å². The monoisotopic (exact) mass is 316 g/mol. The molecular weight excluding hydrogens is 296 g/mol. The van der Waals surface area contributed by atoms with Crippen LogP contribution in [0.25, 0.3) is 11.3 Å². The number of ether oxygens (including phenoxy) is 1. The summed E-state index contributed by atoms with van der Waals surface area (Å²) in [4.78, 5) is 17.6. The van der Waals surface area contributed by atoms with E-state index in [9.17, 15) is 4.79 Å². The van der Waals surface area contributed by atoms with Gasteiger partial charge in [0.1, 0.15) is 5.75 Å². The van der Waals surface area contributed by atoms with Crippen molar-refractivity contribution in [2.45, 2.75) is 27.2 Å². The van der Waals surface area contributed by atoms with Crippen LogP contribution in [0.15, 0.2) is 35.9 Å². The highest BCUT2D eigenvalue weighted by atomic mass is 32.1. The van der Waals surface area contributed by atoms with Crippen molar-refractivity contribution >= 4 is 22.4 Å². The first-order valence-electron chi connectivity index (χ1n) is 7.15. The third-order valence-corrected chi connectivity index (χ3v) is 4.14. The molecule has 1 aromatic heterocycles. The summed E-state index contributed by atoms with van der Waals surface area (Å²) in [5.74, 6) is 0.711. The van der Waals surface area contributed by atoms with Crippen molar-refractivity contribution < 1.29 is 9.53 Å². The highest BCUT2D eigenvalue weighted by molar-refractivity contribution is 7.16. The fourth-order valence-corrected chi connectivity index (χ4v) is 2.89. The number of aryl methyl sites for hydroxylation is 1. The Morgan fingerprint density at radius 2 is 2.05 bits per heavy atom. The highest BCUT2D eigenvalue weighted by Crippen LogP contribution is 2.31. The molecule has 0 fully saturated rings. The van der Waals surface area contributed by atoms with Crippen molar-refractivity contribution in [2.24, 2.45) is 0 Å². The molecule has 22 heavy (non-hydrogen) atoms. The Morgan fingerprint density at radius 3 is 2.64 bits per heavy atom. The number of carbonyl (C=O) groups excluding carboxylic acids is 1. The number of thiazole rings is 1. The van der Waals surface area contributed by atoms with E-state index < -0.39 is 0 Å². The number of hydrogen-bond acceptors (Lipinski definition) is 4. The number of benzene rings is 1. The number of nitrogens with one attached hydrogen (secondary N) is 1. The van der Waals surface area contributed by atoms with Crippen LogP contribution in [0, 0.1) is 6.92 Å². The number of carbonyl (C=O) groups is 1. The quantitative estimate of drug-likeness (QED) is 0.831. The molecule has 0 aliphatic heterocycles. The number of amides is 1. The van der Waals surface area contributed by atoms with Gasteiger partial charge in [0.25, 0.3) is 5.91 Å². The van der Waals surface area contributed by atoms with Gasteiger partial charge in [0.05, 0.1) is 12.8 Å². The van der Waals surface area contributed by atoms with Crippen LogP contribution in [0.1, 0.15) is 25.1 Å². The molecule has 0 atom stereocenters. The Kier molecular flexibility index (Phi) is 5.33. The maximum Gasteiger partial charge on any atom is 0.252 e. The maximum atomic E-state index is 12.0. The van der Waals surface area contributed by atoms with Crippen molar-refractivity contribution in [3.05, 3.63) is 40.8 Å². The Bertz CT molecular complexity index is 687. The van der Waals surface area contributed by atoms with Gasteiger partial charge in [-0.3, -0.25) is 10.1 Å². The first-order chi connectivity index (χ1) is 10.5. The Morgan fingerprint density at radius 1 is 1.36 bits per heavy atom. The zero-order chi connectivity index (χ0) is 16.1. The summed E-state index contributed by atoms with van der Waals surface area (Å²) in [5, 5.41) is 3.48. The number of aromatic nitrogens is 1. The molecule has 2 aromatic rings. The minimum Gasteiger partial charge on any atom is -0.497 e. The second-order valence-electron chi connectivity index (χ2n) is 4.90. The van der Waals surface area contributed by atoms with Crippen LogP contribution in [-0.2, 0) is 4.79 Å². The van der Waals surface area contributed by atoms with Gasteiger partial charge in [0.15, 0.2) is 5.13 Å². The smallest absolute Gasteiger partial charge is 0.252 e. The lowest BCUT2D eigenvalue weighted by Crippen LogP contribution is -2.12. The second-order valence-corrected chi connectivity index (χ2v) is 6.11. The maximum absolute atomic E-state index is 12.0. The first kappa shape index (κ1) is 16.2. The van der Waals surface area contributed by atoms with Gasteiger partial charge in [-0.2, -0.15) is 0 Å². The SMILES string of the molecule is CC/C=C(/C)C(=O)Nc1nc(-c2ccc(OC)cc2)c(C)s1. The van der Waals surface area contributed by atoms with Crippen LogP contribution in [-0.4, -0.2) is 18.0 Å². The molecule has 0 aliphatic rings. The van der Waals surface area contributed by atoms with Crippen LogP contribution < -0.4 is 10.1 Å². The molecular formula is C17H20N2O2S. The molecule has 0 saturated heterocycles. The molecule has 1 heterocycles. The molecule has 0 spiro atoms. The van der Waals surface area contributed by atoms with Gasteiger partial charge in [-0.15, -0.1) is 11.3 Å². The van der Waals surface area contributed by atoms with E-state index in [-0.39, 0.29) is 5.91 Å². The predicted molar refractivity (Wildman–Crippen MR) is 91.5 cm³/mol. The molecule has 1 amide bonds. The van der Waals surface area contributed by atoms with Gasteiger partial charge in [0.2, 0.25) is 0 Å². The van der Waals surface area contributed by atoms with E-state index in [2.05, 4.69) is 10.3 Å². The Labute approximate surface area is 134 Å². The number of rotatable bonds is 5. The molecule has 1 N–H and O–H groups in total. The summed E-state index contributed by atoms with van der Waals surface area (Å²) in [6.45, 7) is 5.82. The number of allylic oxidation sites excluding steroid dienone is 1. The number of hydrogen-bond donors (Lipinski definition) is 1. The fourth-order valence-electron chi connectivity index (χ4n) is 2.06. The van der Waals surface area contributed by atoms with Crippen molar-refractivity contribution in [2.75, 3.05) is 12.4 Å². The Balaban J connectivity index is 2.20. The molecule has 5 heteroatoms. The average Bonchev–Trinajstić information content (AvgIpc) is 2.88. The third kappa shape index (κ3) is 3.74. The summed E-state index contributed by atoms with van der Waals surface area (Å²) in [7, 11) is 1.64. The Hall–Kier alpha value is -2.14. The first-order valence-corrected chi connectivity index (χ1v) is 7.96. The summed E-state index contributed by atoms with van der Waals surface area (Å²) < 4.78 is 5.16. The lowest BCUT2D eigenvalue weighted by molar-refractivity contribution is -0.112. The van der Waals surface area contributed by atoms with Crippen LogP contribution in [0.4, 0.5) is 5.13 Å². The minimum absolute atomic E-state index is 0.100. The van der Waals surface area contributed by atoms with E-state index in [1.807, 2.05) is 51.1 Å².